The van der Waals surface area contributed by atoms with Crippen molar-refractivity contribution in [3.8, 4) is 11.4 Å². The summed E-state index contributed by atoms with van der Waals surface area (Å²) in [5.74, 6) is 0.105. The number of aromatic nitrogens is 2. The van der Waals surface area contributed by atoms with Crippen LogP contribution in [0.1, 0.15) is 0 Å². The molecule has 1 heterocycles. The molecule has 0 bridgehead atoms. The Balaban J connectivity index is 2.33. The van der Waals surface area contributed by atoms with Crippen LogP contribution >= 0.6 is 39.1 Å². The zero-order valence-corrected chi connectivity index (χ0v) is 13.4. The molecule has 0 fully saturated rings. The molecule has 0 atom stereocenters. The first-order valence-electron chi connectivity index (χ1n) is 5.84. The summed E-state index contributed by atoms with van der Waals surface area (Å²) < 4.78 is 1.24. The molecule has 3 aromatic rings. The lowest BCUT2D eigenvalue weighted by molar-refractivity contribution is 0.178. The molecule has 106 valence electrons. The van der Waals surface area contributed by atoms with Gasteiger partial charge in [-0.3, -0.25) is 4.79 Å². The first-order chi connectivity index (χ1) is 9.97. The van der Waals surface area contributed by atoms with Crippen LogP contribution < -0.4 is 5.56 Å². The largest absolute Gasteiger partial charge is 0.423 e. The Labute approximate surface area is 137 Å². The zero-order valence-electron chi connectivity index (χ0n) is 10.3. The second-order valence-electron chi connectivity index (χ2n) is 4.34. The van der Waals surface area contributed by atoms with Crippen LogP contribution in [0.4, 0.5) is 0 Å². The van der Waals surface area contributed by atoms with Gasteiger partial charge in [-0.25, -0.2) is 4.98 Å². The van der Waals surface area contributed by atoms with Gasteiger partial charge in [0.25, 0.3) is 5.56 Å². The second kappa shape index (κ2) is 5.33. The lowest BCUT2D eigenvalue weighted by Crippen LogP contribution is -2.21. The number of hydrogen-bond donors (Lipinski definition) is 1. The van der Waals surface area contributed by atoms with Crippen molar-refractivity contribution in [1.82, 2.24) is 9.71 Å². The number of rotatable bonds is 1. The Morgan fingerprint density at radius 2 is 1.86 bits per heavy atom. The van der Waals surface area contributed by atoms with E-state index in [1.54, 1.807) is 36.4 Å². The third-order valence-corrected chi connectivity index (χ3v) is 4.22. The van der Waals surface area contributed by atoms with E-state index in [1.807, 2.05) is 0 Å². The predicted octanol–water partition coefficient (Wildman–Crippen LogP) is 4.37. The minimum absolute atomic E-state index is 0.105. The molecule has 0 aliphatic carbocycles. The molecule has 0 aliphatic rings. The van der Waals surface area contributed by atoms with Gasteiger partial charge in [0.1, 0.15) is 0 Å². The topological polar surface area (TPSA) is 55.1 Å². The smallest absolute Gasteiger partial charge is 0.294 e. The highest BCUT2D eigenvalue weighted by Crippen LogP contribution is 2.27. The van der Waals surface area contributed by atoms with Crippen LogP contribution in [-0.4, -0.2) is 14.9 Å². The molecule has 21 heavy (non-hydrogen) atoms. The first kappa shape index (κ1) is 14.4. The molecule has 1 aromatic heterocycles. The average molecular weight is 386 g/mol. The van der Waals surface area contributed by atoms with Gasteiger partial charge in [0.2, 0.25) is 0 Å². The maximum Gasteiger partial charge on any atom is 0.294 e. The summed E-state index contributed by atoms with van der Waals surface area (Å²) in [5, 5.41) is 11.1. The van der Waals surface area contributed by atoms with Gasteiger partial charge in [-0.15, -0.1) is 4.73 Å². The molecule has 4 nitrogen and oxygen atoms in total. The van der Waals surface area contributed by atoms with Crippen LogP contribution in [0.3, 0.4) is 0 Å². The number of fused-ring (bicyclic) bond motifs is 1. The third-order valence-electron chi connectivity index (χ3n) is 2.99. The van der Waals surface area contributed by atoms with E-state index in [0.29, 0.717) is 31.2 Å². The lowest BCUT2D eigenvalue weighted by Gasteiger charge is -2.08. The van der Waals surface area contributed by atoms with E-state index in [-0.39, 0.29) is 5.82 Å². The monoisotopic (exact) mass is 384 g/mol. The normalized spacial score (nSPS) is 11.0. The van der Waals surface area contributed by atoms with E-state index in [2.05, 4.69) is 20.9 Å². The first-order valence-corrected chi connectivity index (χ1v) is 7.39. The highest BCUT2D eigenvalue weighted by molar-refractivity contribution is 9.10. The minimum Gasteiger partial charge on any atom is -0.423 e. The van der Waals surface area contributed by atoms with Gasteiger partial charge in [0.05, 0.1) is 20.9 Å². The lowest BCUT2D eigenvalue weighted by atomic mass is 10.2. The Hall–Kier alpha value is -1.56. The fourth-order valence-electron chi connectivity index (χ4n) is 1.97. The molecule has 7 heteroatoms. The van der Waals surface area contributed by atoms with Gasteiger partial charge >= 0.3 is 0 Å². The van der Waals surface area contributed by atoms with Crippen LogP contribution in [0.15, 0.2) is 45.7 Å². The molecule has 2 aromatic carbocycles. The van der Waals surface area contributed by atoms with Crippen molar-refractivity contribution in [2.45, 2.75) is 0 Å². The van der Waals surface area contributed by atoms with E-state index in [9.17, 15) is 10.0 Å². The Kier molecular flexibility index (Phi) is 3.65. The van der Waals surface area contributed by atoms with Crippen LogP contribution in [0.2, 0.25) is 10.0 Å². The van der Waals surface area contributed by atoms with Crippen molar-refractivity contribution >= 4 is 50.0 Å². The molecular weight excluding hydrogens is 379 g/mol. The van der Waals surface area contributed by atoms with E-state index >= 15 is 0 Å². The maximum absolute atomic E-state index is 12.2. The molecule has 0 saturated carbocycles. The Morgan fingerprint density at radius 3 is 2.57 bits per heavy atom. The van der Waals surface area contributed by atoms with Crippen molar-refractivity contribution in [3.63, 3.8) is 0 Å². The predicted molar refractivity (Wildman–Crippen MR) is 86.3 cm³/mol. The molecule has 0 spiro atoms. The highest BCUT2D eigenvalue weighted by Gasteiger charge is 2.13. The fraction of sp³-hybridized carbons (Fsp3) is 0. The number of halogens is 3. The molecule has 0 amide bonds. The maximum atomic E-state index is 12.2. The van der Waals surface area contributed by atoms with Gasteiger partial charge in [-0.2, -0.15) is 0 Å². The van der Waals surface area contributed by atoms with E-state index in [0.717, 1.165) is 4.47 Å². The van der Waals surface area contributed by atoms with Gasteiger partial charge < -0.3 is 5.21 Å². The Bertz CT molecular complexity index is 925. The quantitative estimate of drug-likeness (QED) is 0.632. The van der Waals surface area contributed by atoms with Crippen molar-refractivity contribution in [3.05, 3.63) is 61.3 Å². The van der Waals surface area contributed by atoms with Crippen LogP contribution in [0.25, 0.3) is 22.3 Å². The summed E-state index contributed by atoms with van der Waals surface area (Å²) >= 11 is 15.1. The summed E-state index contributed by atoms with van der Waals surface area (Å²) in [5.41, 5.74) is 0.422. The Morgan fingerprint density at radius 1 is 1.10 bits per heavy atom. The standard InChI is InChI=1S/C14H7BrCl2N2O2/c15-8-2-4-12-9(6-8)14(20)19(21)13(18-12)7-1-3-10(16)11(17)5-7/h1-6,21H. The van der Waals surface area contributed by atoms with Gasteiger partial charge in [-0.05, 0) is 36.4 Å². The third kappa shape index (κ3) is 2.52. The van der Waals surface area contributed by atoms with Gasteiger partial charge in [-0.1, -0.05) is 39.1 Å². The second-order valence-corrected chi connectivity index (χ2v) is 6.07. The number of hydrogen-bond acceptors (Lipinski definition) is 3. The zero-order chi connectivity index (χ0) is 15.1. The minimum atomic E-state index is -0.553. The average Bonchev–Trinajstić information content (AvgIpc) is 2.46. The summed E-state index contributed by atoms with van der Waals surface area (Å²) in [6.07, 6.45) is 0. The van der Waals surface area contributed by atoms with Crippen molar-refractivity contribution in [2.24, 2.45) is 0 Å². The highest BCUT2D eigenvalue weighted by atomic mass is 79.9. The van der Waals surface area contributed by atoms with Gasteiger partial charge in [0, 0.05) is 10.0 Å². The molecule has 1 N–H and O–H groups in total. The number of benzene rings is 2. The fourth-order valence-corrected chi connectivity index (χ4v) is 2.63. The van der Waals surface area contributed by atoms with Crippen LogP contribution in [0.5, 0.6) is 0 Å². The molecule has 0 aliphatic heterocycles. The van der Waals surface area contributed by atoms with Crippen molar-refractivity contribution < 1.29 is 5.21 Å². The molecule has 0 radical (unpaired) electrons. The molecule has 0 unspecified atom stereocenters. The summed E-state index contributed by atoms with van der Waals surface area (Å²) in [6, 6.07) is 9.83. The SMILES string of the molecule is O=c1c2cc(Br)ccc2nc(-c2ccc(Cl)c(Cl)c2)n1O. The van der Waals surface area contributed by atoms with Gasteiger partial charge in [0.15, 0.2) is 5.82 Å². The van der Waals surface area contributed by atoms with Crippen molar-refractivity contribution in [1.29, 1.82) is 0 Å². The molecular formula is C14H7BrCl2N2O2. The van der Waals surface area contributed by atoms with E-state index < -0.39 is 5.56 Å². The summed E-state index contributed by atoms with van der Waals surface area (Å²) in [7, 11) is 0. The molecule has 3 rings (SSSR count). The van der Waals surface area contributed by atoms with Crippen LogP contribution in [0, 0.1) is 0 Å². The molecule has 0 saturated heterocycles. The van der Waals surface area contributed by atoms with Crippen LogP contribution in [-0.2, 0) is 0 Å². The summed E-state index contributed by atoms with van der Waals surface area (Å²) in [4.78, 5) is 16.5. The van der Waals surface area contributed by atoms with Crippen molar-refractivity contribution in [2.75, 3.05) is 0 Å². The number of nitrogens with zero attached hydrogens (tertiary/aromatic N) is 2. The van der Waals surface area contributed by atoms with E-state index in [4.69, 9.17) is 23.2 Å². The van der Waals surface area contributed by atoms with E-state index in [1.165, 1.54) is 0 Å². The summed E-state index contributed by atoms with van der Waals surface area (Å²) in [6.45, 7) is 0.